The van der Waals surface area contributed by atoms with Gasteiger partial charge in [0.15, 0.2) is 0 Å². The highest BCUT2D eigenvalue weighted by molar-refractivity contribution is 5.87. The van der Waals surface area contributed by atoms with Gasteiger partial charge in [0.1, 0.15) is 18.1 Å². The number of aromatic nitrogens is 2. The lowest BCUT2D eigenvalue weighted by Gasteiger charge is -2.17. The monoisotopic (exact) mass is 364 g/mol. The van der Waals surface area contributed by atoms with Gasteiger partial charge >= 0.3 is 5.97 Å². The molecule has 1 unspecified atom stereocenters. The Bertz CT molecular complexity index is 857. The van der Waals surface area contributed by atoms with E-state index in [1.54, 1.807) is 12.5 Å². The lowest BCUT2D eigenvalue weighted by Crippen LogP contribution is -2.15. The number of hydrogen-bond acceptors (Lipinski definition) is 4. The fourth-order valence-electron chi connectivity index (χ4n) is 2.78. The normalized spacial score (nSPS) is 11.8. The lowest BCUT2D eigenvalue weighted by atomic mass is 10.1. The number of rotatable bonds is 8. The van der Waals surface area contributed by atoms with Gasteiger partial charge in [0.2, 0.25) is 0 Å². The average Bonchev–Trinajstić information content (AvgIpc) is 3.21. The summed E-state index contributed by atoms with van der Waals surface area (Å²) in [6.45, 7) is 4.93. The number of ether oxygens (including phenoxy) is 2. The van der Waals surface area contributed by atoms with Crippen LogP contribution in [0.4, 0.5) is 0 Å². The minimum absolute atomic E-state index is 0.0418. The molecule has 0 N–H and O–H groups in total. The van der Waals surface area contributed by atoms with E-state index in [1.807, 2.05) is 73.0 Å². The largest absolute Gasteiger partial charge is 0.489 e. The van der Waals surface area contributed by atoms with Crippen LogP contribution in [0.2, 0.25) is 0 Å². The molecule has 2 aromatic carbocycles. The number of esters is 1. The Morgan fingerprint density at radius 3 is 2.56 bits per heavy atom. The van der Waals surface area contributed by atoms with Crippen molar-refractivity contribution in [3.63, 3.8) is 0 Å². The van der Waals surface area contributed by atoms with Gasteiger partial charge in [-0.1, -0.05) is 49.4 Å². The van der Waals surface area contributed by atoms with Crippen molar-refractivity contribution >= 4 is 5.97 Å². The van der Waals surface area contributed by atoms with Crippen LogP contribution < -0.4 is 4.74 Å². The second-order valence-corrected chi connectivity index (χ2v) is 6.34. The molecule has 3 rings (SSSR count). The van der Waals surface area contributed by atoms with Crippen LogP contribution in [0.5, 0.6) is 5.75 Å². The molecule has 3 aromatic rings. The zero-order valence-electron chi connectivity index (χ0n) is 15.7. The van der Waals surface area contributed by atoms with E-state index in [2.05, 4.69) is 4.98 Å². The minimum Gasteiger partial charge on any atom is -0.489 e. The molecule has 0 spiro atoms. The van der Waals surface area contributed by atoms with Gasteiger partial charge in [-0.05, 0) is 36.6 Å². The number of hydrogen-bond donors (Lipinski definition) is 0. The van der Waals surface area contributed by atoms with Gasteiger partial charge in [-0.25, -0.2) is 9.78 Å². The van der Waals surface area contributed by atoms with E-state index in [-0.39, 0.29) is 12.0 Å². The molecule has 0 aliphatic carbocycles. The molecule has 0 amide bonds. The molecule has 1 aromatic heterocycles. The van der Waals surface area contributed by atoms with Crippen molar-refractivity contribution < 1.29 is 14.3 Å². The summed E-state index contributed by atoms with van der Waals surface area (Å²) in [6, 6.07) is 17.9. The second-order valence-electron chi connectivity index (χ2n) is 6.34. The maximum absolute atomic E-state index is 12.2. The van der Waals surface area contributed by atoms with Crippen molar-refractivity contribution in [2.75, 3.05) is 6.61 Å². The summed E-state index contributed by atoms with van der Waals surface area (Å²) in [5.41, 5.74) is 2.65. The summed E-state index contributed by atoms with van der Waals surface area (Å²) in [7, 11) is 0. The van der Waals surface area contributed by atoms with E-state index in [0.717, 1.165) is 23.3 Å². The third-order valence-electron chi connectivity index (χ3n) is 4.34. The molecule has 0 saturated heterocycles. The predicted molar refractivity (Wildman–Crippen MR) is 104 cm³/mol. The molecule has 0 radical (unpaired) electrons. The van der Waals surface area contributed by atoms with Gasteiger partial charge in [-0.2, -0.15) is 0 Å². The lowest BCUT2D eigenvalue weighted by molar-refractivity contribution is 0.0491. The molecule has 1 atom stereocenters. The number of benzene rings is 2. The first-order chi connectivity index (χ1) is 13.2. The topological polar surface area (TPSA) is 53.3 Å². The molecule has 5 nitrogen and oxygen atoms in total. The van der Waals surface area contributed by atoms with Gasteiger partial charge in [-0.15, -0.1) is 0 Å². The Morgan fingerprint density at radius 2 is 1.85 bits per heavy atom. The number of nitrogens with zero attached hydrogens (tertiary/aromatic N) is 2. The maximum Gasteiger partial charge on any atom is 0.356 e. The molecule has 0 bridgehead atoms. The summed E-state index contributed by atoms with van der Waals surface area (Å²) >= 11 is 0. The summed E-state index contributed by atoms with van der Waals surface area (Å²) in [5, 5.41) is 0. The quantitative estimate of drug-likeness (QED) is 0.547. The highest BCUT2D eigenvalue weighted by atomic mass is 16.5. The Hall–Kier alpha value is -3.08. The van der Waals surface area contributed by atoms with Gasteiger partial charge in [0, 0.05) is 0 Å². The molecule has 5 heteroatoms. The summed E-state index contributed by atoms with van der Waals surface area (Å²) in [5.74, 6) is 0.465. The molecule has 27 heavy (non-hydrogen) atoms. The highest BCUT2D eigenvalue weighted by Crippen LogP contribution is 2.23. The van der Waals surface area contributed by atoms with E-state index in [0.29, 0.717) is 18.9 Å². The summed E-state index contributed by atoms with van der Waals surface area (Å²) in [6.07, 6.45) is 4.00. The Kier molecular flexibility index (Phi) is 6.26. The molecular weight excluding hydrogens is 340 g/mol. The van der Waals surface area contributed by atoms with Crippen molar-refractivity contribution in [1.29, 1.82) is 0 Å². The third kappa shape index (κ3) is 4.76. The molecule has 140 valence electrons. The Morgan fingerprint density at radius 1 is 1.11 bits per heavy atom. The number of carbonyl (C=O) groups is 1. The molecular formula is C22H24N2O3. The van der Waals surface area contributed by atoms with Gasteiger partial charge < -0.3 is 14.0 Å². The second kappa shape index (κ2) is 9.03. The van der Waals surface area contributed by atoms with Crippen molar-refractivity contribution in [3.8, 4) is 5.75 Å². The SMILES string of the molecule is CCCOC(=O)c1cncn1C(C)c1ccc(OCc2ccccc2)cc1. The average molecular weight is 364 g/mol. The predicted octanol–water partition coefficient (Wildman–Crippen LogP) is 4.64. The first kappa shape index (κ1) is 18.7. The molecule has 0 aliphatic heterocycles. The third-order valence-corrected chi connectivity index (χ3v) is 4.34. The first-order valence-corrected chi connectivity index (χ1v) is 9.14. The molecule has 0 saturated carbocycles. The summed E-state index contributed by atoms with van der Waals surface area (Å²) in [4.78, 5) is 16.3. The molecule has 1 heterocycles. The van der Waals surface area contributed by atoms with E-state index < -0.39 is 0 Å². The van der Waals surface area contributed by atoms with Crippen LogP contribution in [0.1, 0.15) is 47.9 Å². The van der Waals surface area contributed by atoms with Crippen molar-refractivity contribution in [1.82, 2.24) is 9.55 Å². The van der Waals surface area contributed by atoms with Crippen LogP contribution in [-0.2, 0) is 11.3 Å². The standard InChI is InChI=1S/C22H24N2O3/c1-3-13-26-22(25)21-14-23-16-24(21)17(2)19-9-11-20(12-10-19)27-15-18-7-5-4-6-8-18/h4-12,14,16-17H,3,13,15H2,1-2H3. The van der Waals surface area contributed by atoms with Crippen LogP contribution in [0.15, 0.2) is 67.1 Å². The van der Waals surface area contributed by atoms with Crippen LogP contribution in [-0.4, -0.2) is 22.1 Å². The number of carbonyl (C=O) groups excluding carboxylic acids is 1. The van der Waals surface area contributed by atoms with Gasteiger partial charge in [0.25, 0.3) is 0 Å². The minimum atomic E-state index is -0.344. The Balaban J connectivity index is 1.66. The molecule has 0 aliphatic rings. The smallest absolute Gasteiger partial charge is 0.356 e. The highest BCUT2D eigenvalue weighted by Gasteiger charge is 2.18. The Labute approximate surface area is 159 Å². The summed E-state index contributed by atoms with van der Waals surface area (Å²) < 4.78 is 12.9. The number of imidazole rings is 1. The van der Waals surface area contributed by atoms with Crippen molar-refractivity contribution in [3.05, 3.63) is 83.9 Å². The first-order valence-electron chi connectivity index (χ1n) is 9.14. The van der Waals surface area contributed by atoms with Gasteiger partial charge in [-0.3, -0.25) is 0 Å². The van der Waals surface area contributed by atoms with Crippen LogP contribution >= 0.6 is 0 Å². The fourth-order valence-corrected chi connectivity index (χ4v) is 2.78. The van der Waals surface area contributed by atoms with Crippen molar-refractivity contribution in [2.45, 2.75) is 32.9 Å². The van der Waals surface area contributed by atoms with Gasteiger partial charge in [0.05, 0.1) is 25.2 Å². The van der Waals surface area contributed by atoms with Crippen LogP contribution in [0, 0.1) is 0 Å². The van der Waals surface area contributed by atoms with E-state index in [1.165, 1.54) is 0 Å². The van der Waals surface area contributed by atoms with E-state index in [4.69, 9.17) is 9.47 Å². The van der Waals surface area contributed by atoms with E-state index >= 15 is 0 Å². The zero-order chi connectivity index (χ0) is 19.1. The fraction of sp³-hybridized carbons (Fsp3) is 0.273. The van der Waals surface area contributed by atoms with Crippen molar-refractivity contribution in [2.24, 2.45) is 0 Å². The molecule has 0 fully saturated rings. The zero-order valence-corrected chi connectivity index (χ0v) is 15.7. The van der Waals surface area contributed by atoms with Crippen LogP contribution in [0.3, 0.4) is 0 Å². The van der Waals surface area contributed by atoms with E-state index in [9.17, 15) is 4.79 Å². The maximum atomic E-state index is 12.2. The van der Waals surface area contributed by atoms with Crippen LogP contribution in [0.25, 0.3) is 0 Å².